The Balaban J connectivity index is 1.99. The molecule has 2 aliphatic heterocycles. The third kappa shape index (κ3) is 1.80. The van der Waals surface area contributed by atoms with E-state index in [1.807, 2.05) is 0 Å². The van der Waals surface area contributed by atoms with Gasteiger partial charge in [-0.1, -0.05) is 11.6 Å². The summed E-state index contributed by atoms with van der Waals surface area (Å²) < 4.78 is 0. The molecule has 3 heterocycles. The van der Waals surface area contributed by atoms with Gasteiger partial charge in [-0.15, -0.1) is 0 Å². The second-order valence-electron chi connectivity index (χ2n) is 7.02. The van der Waals surface area contributed by atoms with Crippen molar-refractivity contribution in [2.75, 3.05) is 19.7 Å². The molecule has 2 N–H and O–H groups in total. The highest BCUT2D eigenvalue weighted by molar-refractivity contribution is 5.86. The number of benzene rings is 1. The van der Waals surface area contributed by atoms with Gasteiger partial charge in [0.1, 0.15) is 0 Å². The van der Waals surface area contributed by atoms with Crippen molar-refractivity contribution >= 4 is 10.9 Å². The van der Waals surface area contributed by atoms with Gasteiger partial charge in [0.15, 0.2) is 0 Å². The number of nitrogens with one attached hydrogen (secondary N) is 1. The topological polar surface area (TPSA) is 39.3 Å². The van der Waals surface area contributed by atoms with E-state index in [1.165, 1.54) is 47.0 Å². The number of hydrogen-bond donors (Lipinski definition) is 2. The summed E-state index contributed by atoms with van der Waals surface area (Å²) in [6, 6.07) is 6.63. The average Bonchev–Trinajstić information content (AvgIpc) is 2.86. The van der Waals surface area contributed by atoms with Crippen molar-refractivity contribution in [2.45, 2.75) is 44.6 Å². The molecule has 0 spiro atoms. The van der Waals surface area contributed by atoms with Crippen LogP contribution in [0.25, 0.3) is 10.9 Å². The molecular formula is C18H24N2O. The van der Waals surface area contributed by atoms with Gasteiger partial charge < -0.3 is 10.1 Å². The van der Waals surface area contributed by atoms with Crippen LogP contribution >= 0.6 is 0 Å². The molecule has 3 heteroatoms. The zero-order valence-corrected chi connectivity index (χ0v) is 12.9. The van der Waals surface area contributed by atoms with Gasteiger partial charge in [0.05, 0.1) is 12.1 Å². The number of fused-ring (bicyclic) bond motifs is 5. The first-order valence-corrected chi connectivity index (χ1v) is 8.12. The van der Waals surface area contributed by atoms with Crippen molar-refractivity contribution in [2.24, 2.45) is 0 Å². The van der Waals surface area contributed by atoms with Crippen LogP contribution in [0, 0.1) is 6.92 Å². The fourth-order valence-electron chi connectivity index (χ4n) is 4.43. The predicted octanol–water partition coefficient (Wildman–Crippen LogP) is 3.27. The summed E-state index contributed by atoms with van der Waals surface area (Å²) in [5.74, 6) is 0.238. The zero-order chi connectivity index (χ0) is 14.6. The second-order valence-corrected chi connectivity index (χ2v) is 7.02. The summed E-state index contributed by atoms with van der Waals surface area (Å²) in [6.07, 6.45) is 3.79. The molecule has 0 amide bonds. The van der Waals surface area contributed by atoms with Crippen molar-refractivity contribution in [1.82, 2.24) is 9.88 Å². The summed E-state index contributed by atoms with van der Waals surface area (Å²) in [5.41, 5.74) is 5.35. The number of aryl methyl sites for hydroxylation is 1. The fraction of sp³-hybridized carbons (Fsp3) is 0.556. The Kier molecular flexibility index (Phi) is 2.92. The van der Waals surface area contributed by atoms with Crippen LogP contribution in [0.2, 0.25) is 0 Å². The Labute approximate surface area is 126 Å². The van der Waals surface area contributed by atoms with Gasteiger partial charge in [-0.05, 0) is 57.4 Å². The summed E-state index contributed by atoms with van der Waals surface area (Å²) >= 11 is 0. The van der Waals surface area contributed by atoms with E-state index < -0.39 is 0 Å². The number of nitrogens with zero attached hydrogens (tertiary/aromatic N) is 1. The van der Waals surface area contributed by atoms with Crippen molar-refractivity contribution in [3.05, 3.63) is 35.0 Å². The van der Waals surface area contributed by atoms with Crippen LogP contribution in [0.5, 0.6) is 0 Å². The fourth-order valence-corrected chi connectivity index (χ4v) is 4.43. The van der Waals surface area contributed by atoms with E-state index >= 15 is 0 Å². The first-order valence-electron chi connectivity index (χ1n) is 8.12. The molecule has 3 nitrogen and oxygen atoms in total. The minimum atomic E-state index is 0.117. The van der Waals surface area contributed by atoms with E-state index in [2.05, 4.69) is 41.9 Å². The molecule has 1 saturated heterocycles. The number of rotatable bonds is 1. The molecule has 112 valence electrons. The minimum Gasteiger partial charge on any atom is -0.396 e. The van der Waals surface area contributed by atoms with Crippen molar-refractivity contribution in [3.63, 3.8) is 0 Å². The molecule has 1 aromatic carbocycles. The van der Waals surface area contributed by atoms with Crippen molar-refractivity contribution in [3.8, 4) is 0 Å². The van der Waals surface area contributed by atoms with Crippen molar-refractivity contribution < 1.29 is 5.11 Å². The third-order valence-corrected chi connectivity index (χ3v) is 5.64. The highest BCUT2D eigenvalue weighted by Gasteiger charge is 2.45. The Morgan fingerprint density at radius 3 is 3.05 bits per heavy atom. The zero-order valence-electron chi connectivity index (χ0n) is 12.9. The van der Waals surface area contributed by atoms with Gasteiger partial charge in [-0.2, -0.15) is 0 Å². The van der Waals surface area contributed by atoms with E-state index in [4.69, 9.17) is 0 Å². The highest BCUT2D eigenvalue weighted by atomic mass is 16.3. The van der Waals surface area contributed by atoms with Crippen molar-refractivity contribution in [1.29, 1.82) is 0 Å². The van der Waals surface area contributed by atoms with E-state index in [9.17, 15) is 5.11 Å². The van der Waals surface area contributed by atoms with Gasteiger partial charge in [0, 0.05) is 29.1 Å². The number of hydrogen-bond acceptors (Lipinski definition) is 2. The molecule has 0 radical (unpaired) electrons. The van der Waals surface area contributed by atoms with E-state index in [0.717, 1.165) is 13.1 Å². The van der Waals surface area contributed by atoms with Crippen LogP contribution in [-0.2, 0) is 5.54 Å². The first-order chi connectivity index (χ1) is 10.1. The van der Waals surface area contributed by atoms with Gasteiger partial charge in [-0.3, -0.25) is 4.90 Å². The minimum absolute atomic E-state index is 0.117. The Morgan fingerprint density at radius 2 is 2.24 bits per heavy atom. The number of aliphatic hydroxyl groups is 1. The molecule has 0 bridgehead atoms. The third-order valence-electron chi connectivity index (χ3n) is 5.64. The molecule has 4 rings (SSSR count). The molecule has 2 aliphatic rings. The predicted molar refractivity (Wildman–Crippen MR) is 85.6 cm³/mol. The molecule has 1 aromatic heterocycles. The van der Waals surface area contributed by atoms with Gasteiger partial charge in [0.25, 0.3) is 0 Å². The Bertz CT molecular complexity index is 690. The first kappa shape index (κ1) is 13.4. The second kappa shape index (κ2) is 4.59. The molecule has 0 saturated carbocycles. The smallest absolute Gasteiger partial charge is 0.0586 e. The number of aliphatic hydroxyl groups excluding tert-OH is 1. The Morgan fingerprint density at radius 1 is 1.38 bits per heavy atom. The van der Waals surface area contributed by atoms with Crippen LogP contribution in [0.4, 0.5) is 0 Å². The lowest BCUT2D eigenvalue weighted by Crippen LogP contribution is -2.53. The lowest BCUT2D eigenvalue weighted by molar-refractivity contribution is 0.0282. The molecule has 2 aromatic rings. The van der Waals surface area contributed by atoms with Gasteiger partial charge in [-0.25, -0.2) is 0 Å². The monoisotopic (exact) mass is 284 g/mol. The lowest BCUT2D eigenvalue weighted by atomic mass is 9.76. The van der Waals surface area contributed by atoms with Gasteiger partial charge >= 0.3 is 0 Å². The lowest BCUT2D eigenvalue weighted by Gasteiger charge is -2.50. The van der Waals surface area contributed by atoms with Crippen LogP contribution in [0.15, 0.2) is 18.2 Å². The van der Waals surface area contributed by atoms with E-state index in [1.54, 1.807) is 0 Å². The summed E-state index contributed by atoms with van der Waals surface area (Å²) in [6.45, 7) is 6.90. The van der Waals surface area contributed by atoms with E-state index in [-0.39, 0.29) is 18.1 Å². The SMILES string of the molecule is Cc1ccc2[nH]c3c(c2c1)C(CO)CN1CCCC[C@@]31C. The summed E-state index contributed by atoms with van der Waals surface area (Å²) in [4.78, 5) is 6.28. The maximum absolute atomic E-state index is 9.92. The normalized spacial score (nSPS) is 29.4. The largest absolute Gasteiger partial charge is 0.396 e. The maximum Gasteiger partial charge on any atom is 0.0586 e. The van der Waals surface area contributed by atoms with Crippen LogP contribution in [0.3, 0.4) is 0 Å². The molecule has 1 unspecified atom stereocenters. The molecule has 21 heavy (non-hydrogen) atoms. The standard InChI is InChI=1S/C18H24N2O/c1-12-5-6-15-14(9-12)16-13(11-21)10-20-8-4-3-7-18(20,2)17(16)19-15/h5-6,9,13,19,21H,3-4,7-8,10-11H2,1-2H3/t13?,18-/m0/s1. The number of H-pyrrole nitrogens is 1. The molecule has 2 atom stereocenters. The number of piperidine rings is 1. The van der Waals surface area contributed by atoms with Crippen LogP contribution in [-0.4, -0.2) is 34.7 Å². The highest BCUT2D eigenvalue weighted by Crippen LogP contribution is 2.47. The molecule has 1 fully saturated rings. The molecular weight excluding hydrogens is 260 g/mol. The van der Waals surface area contributed by atoms with Crippen LogP contribution < -0.4 is 0 Å². The quantitative estimate of drug-likeness (QED) is 0.843. The van der Waals surface area contributed by atoms with E-state index in [0.29, 0.717) is 0 Å². The van der Waals surface area contributed by atoms with Gasteiger partial charge in [0.2, 0.25) is 0 Å². The summed E-state index contributed by atoms with van der Waals surface area (Å²) in [7, 11) is 0. The Hall–Kier alpha value is -1.32. The summed E-state index contributed by atoms with van der Waals surface area (Å²) in [5, 5.41) is 11.2. The average molecular weight is 284 g/mol. The van der Waals surface area contributed by atoms with Crippen LogP contribution in [0.1, 0.15) is 48.9 Å². The maximum atomic E-state index is 9.92. The molecule has 0 aliphatic carbocycles. The number of aromatic amines is 1. The number of aromatic nitrogens is 1.